The number of urea groups is 1. The Kier molecular flexibility index (Phi) is 3.93. The van der Waals surface area contributed by atoms with Crippen LogP contribution in [0.2, 0.25) is 0 Å². The summed E-state index contributed by atoms with van der Waals surface area (Å²) in [7, 11) is 0. The lowest BCUT2D eigenvalue weighted by Crippen LogP contribution is -2.44. The summed E-state index contributed by atoms with van der Waals surface area (Å²) in [6.45, 7) is 9.40. The van der Waals surface area contributed by atoms with E-state index in [0.717, 1.165) is 18.7 Å². The first-order valence-electron chi connectivity index (χ1n) is 6.60. The minimum atomic E-state index is -0.214. The predicted molar refractivity (Wildman–Crippen MR) is 72.8 cm³/mol. The third-order valence-electron chi connectivity index (χ3n) is 3.55. The third kappa shape index (κ3) is 3.16. The van der Waals surface area contributed by atoms with Crippen LogP contribution < -0.4 is 5.32 Å². The van der Waals surface area contributed by atoms with Crippen LogP contribution >= 0.6 is 0 Å². The van der Waals surface area contributed by atoms with E-state index in [1.54, 1.807) is 6.20 Å². The molecule has 5 nitrogen and oxygen atoms in total. The van der Waals surface area contributed by atoms with E-state index < -0.39 is 0 Å². The molecule has 19 heavy (non-hydrogen) atoms. The van der Waals surface area contributed by atoms with Crippen molar-refractivity contribution >= 4 is 6.03 Å². The second-order valence-corrected chi connectivity index (χ2v) is 5.21. The van der Waals surface area contributed by atoms with Gasteiger partial charge < -0.3 is 14.6 Å². The van der Waals surface area contributed by atoms with Crippen molar-refractivity contribution in [2.75, 3.05) is 13.1 Å². The van der Waals surface area contributed by atoms with Crippen molar-refractivity contribution in [3.8, 4) is 0 Å². The van der Waals surface area contributed by atoms with E-state index in [1.165, 1.54) is 11.1 Å². The molecule has 1 atom stereocenters. The molecule has 5 heteroatoms. The number of hydrogen-bond acceptors (Lipinski definition) is 3. The largest absolute Gasteiger partial charge is 0.444 e. The Morgan fingerprint density at radius 1 is 1.42 bits per heavy atom. The highest BCUT2D eigenvalue weighted by atomic mass is 16.4. The molecule has 0 fully saturated rings. The molecular weight excluding hydrogens is 242 g/mol. The van der Waals surface area contributed by atoms with Gasteiger partial charge in [-0.05, 0) is 34.1 Å². The number of nitrogens with zero attached hydrogens (tertiary/aromatic N) is 2. The molecule has 0 saturated carbocycles. The summed E-state index contributed by atoms with van der Waals surface area (Å²) in [6.07, 6.45) is 2.61. The van der Waals surface area contributed by atoms with Crippen LogP contribution in [-0.4, -0.2) is 29.0 Å². The highest BCUT2D eigenvalue weighted by Gasteiger charge is 2.22. The zero-order valence-corrected chi connectivity index (χ0v) is 12.0. The average molecular weight is 263 g/mol. The summed E-state index contributed by atoms with van der Waals surface area (Å²) >= 11 is 0. The van der Waals surface area contributed by atoms with Crippen molar-refractivity contribution in [3.63, 3.8) is 0 Å². The van der Waals surface area contributed by atoms with Gasteiger partial charge in [0.2, 0.25) is 5.89 Å². The quantitative estimate of drug-likeness (QED) is 0.835. The van der Waals surface area contributed by atoms with Crippen molar-refractivity contribution in [2.24, 2.45) is 0 Å². The maximum atomic E-state index is 12.2. The Balaban J connectivity index is 1.95. The van der Waals surface area contributed by atoms with E-state index >= 15 is 0 Å². The molecule has 0 saturated heterocycles. The van der Waals surface area contributed by atoms with E-state index in [9.17, 15) is 4.79 Å². The number of oxazole rings is 1. The van der Waals surface area contributed by atoms with E-state index in [-0.39, 0.29) is 12.1 Å². The van der Waals surface area contributed by atoms with Crippen LogP contribution in [0, 0.1) is 6.92 Å². The van der Waals surface area contributed by atoms with Gasteiger partial charge in [-0.1, -0.05) is 11.1 Å². The second kappa shape index (κ2) is 5.47. The molecule has 0 bridgehead atoms. The predicted octanol–water partition coefficient (Wildman–Crippen LogP) is 2.80. The van der Waals surface area contributed by atoms with Crippen LogP contribution in [0.15, 0.2) is 21.8 Å². The van der Waals surface area contributed by atoms with Gasteiger partial charge in [-0.2, -0.15) is 0 Å². The lowest BCUT2D eigenvalue weighted by molar-refractivity contribution is 0.194. The number of rotatable bonds is 2. The van der Waals surface area contributed by atoms with Crippen molar-refractivity contribution in [1.29, 1.82) is 0 Å². The van der Waals surface area contributed by atoms with E-state index in [1.807, 2.05) is 18.7 Å². The molecule has 1 N–H and O–H groups in total. The first-order valence-corrected chi connectivity index (χ1v) is 6.60. The topological polar surface area (TPSA) is 58.4 Å². The normalized spacial score (nSPS) is 17.6. The van der Waals surface area contributed by atoms with Gasteiger partial charge in [0, 0.05) is 13.1 Å². The molecule has 1 aliphatic rings. The fraction of sp³-hybridized carbons (Fsp3) is 0.571. The molecule has 1 aromatic heterocycles. The van der Waals surface area contributed by atoms with Crippen LogP contribution in [0.4, 0.5) is 4.79 Å². The Labute approximate surface area is 113 Å². The highest BCUT2D eigenvalue weighted by molar-refractivity contribution is 5.75. The first kappa shape index (κ1) is 13.6. The molecule has 0 aliphatic carbocycles. The summed E-state index contributed by atoms with van der Waals surface area (Å²) in [5.74, 6) is 1.30. The highest BCUT2D eigenvalue weighted by Crippen LogP contribution is 2.18. The SMILES string of the molecule is CC1=C(C)CN(C(=O)N[C@@H](C)c2ncc(C)o2)CC1. The molecule has 1 aromatic rings. The van der Waals surface area contributed by atoms with E-state index in [4.69, 9.17) is 4.42 Å². The lowest BCUT2D eigenvalue weighted by atomic mass is 10.0. The van der Waals surface area contributed by atoms with Gasteiger partial charge in [0.05, 0.1) is 6.20 Å². The van der Waals surface area contributed by atoms with Gasteiger partial charge in [-0.3, -0.25) is 0 Å². The molecule has 0 unspecified atom stereocenters. The average Bonchev–Trinajstić information content (AvgIpc) is 2.79. The molecule has 2 rings (SSSR count). The third-order valence-corrected chi connectivity index (χ3v) is 3.55. The van der Waals surface area contributed by atoms with Crippen LogP contribution in [0.1, 0.15) is 44.9 Å². The van der Waals surface area contributed by atoms with Crippen molar-refractivity contribution in [2.45, 2.75) is 40.2 Å². The Bertz CT molecular complexity index is 505. The molecule has 1 aliphatic heterocycles. The zero-order chi connectivity index (χ0) is 14.0. The monoisotopic (exact) mass is 263 g/mol. The van der Waals surface area contributed by atoms with Crippen LogP contribution in [0.3, 0.4) is 0 Å². The molecule has 2 amide bonds. The second-order valence-electron chi connectivity index (χ2n) is 5.21. The molecule has 2 heterocycles. The summed E-state index contributed by atoms with van der Waals surface area (Å²) in [4.78, 5) is 18.1. The van der Waals surface area contributed by atoms with E-state index in [2.05, 4.69) is 24.1 Å². The van der Waals surface area contributed by atoms with Gasteiger partial charge in [-0.15, -0.1) is 0 Å². The summed E-state index contributed by atoms with van der Waals surface area (Å²) in [5.41, 5.74) is 2.67. The van der Waals surface area contributed by atoms with Crippen LogP contribution in [0.5, 0.6) is 0 Å². The van der Waals surface area contributed by atoms with Crippen molar-refractivity contribution in [1.82, 2.24) is 15.2 Å². The summed E-state index contributed by atoms with van der Waals surface area (Å²) < 4.78 is 5.42. The Morgan fingerprint density at radius 3 is 2.74 bits per heavy atom. The van der Waals surface area contributed by atoms with Gasteiger partial charge in [0.1, 0.15) is 11.8 Å². The van der Waals surface area contributed by atoms with Crippen molar-refractivity contribution in [3.05, 3.63) is 29.0 Å². The molecular formula is C14H21N3O2. The molecule has 0 radical (unpaired) electrons. The number of aryl methyl sites for hydroxylation is 1. The number of aromatic nitrogens is 1. The summed E-state index contributed by atoms with van der Waals surface area (Å²) in [5, 5.41) is 2.92. The van der Waals surface area contributed by atoms with Gasteiger partial charge in [0.15, 0.2) is 0 Å². The number of nitrogens with one attached hydrogen (secondary N) is 1. The minimum absolute atomic E-state index is 0.0600. The van der Waals surface area contributed by atoms with Gasteiger partial charge >= 0.3 is 6.03 Å². The van der Waals surface area contributed by atoms with Crippen LogP contribution in [-0.2, 0) is 0 Å². The summed E-state index contributed by atoms with van der Waals surface area (Å²) in [6, 6.07) is -0.274. The minimum Gasteiger partial charge on any atom is -0.444 e. The lowest BCUT2D eigenvalue weighted by Gasteiger charge is -2.29. The van der Waals surface area contributed by atoms with Crippen LogP contribution in [0.25, 0.3) is 0 Å². The van der Waals surface area contributed by atoms with E-state index in [0.29, 0.717) is 12.4 Å². The van der Waals surface area contributed by atoms with Gasteiger partial charge in [0.25, 0.3) is 0 Å². The van der Waals surface area contributed by atoms with Gasteiger partial charge in [-0.25, -0.2) is 9.78 Å². The fourth-order valence-corrected chi connectivity index (χ4v) is 2.10. The number of amides is 2. The number of hydrogen-bond donors (Lipinski definition) is 1. The zero-order valence-electron chi connectivity index (χ0n) is 12.0. The Hall–Kier alpha value is -1.78. The maximum Gasteiger partial charge on any atom is 0.318 e. The smallest absolute Gasteiger partial charge is 0.318 e. The first-order chi connectivity index (χ1) is 8.97. The molecule has 104 valence electrons. The standard InChI is InChI=1S/C14H21N3O2/c1-9-5-6-17(8-10(9)2)14(18)16-12(4)13-15-7-11(3)19-13/h7,12H,5-6,8H2,1-4H3,(H,16,18)/t12-/m0/s1. The molecule has 0 spiro atoms. The van der Waals surface area contributed by atoms with Crippen molar-refractivity contribution < 1.29 is 9.21 Å². The fourth-order valence-electron chi connectivity index (χ4n) is 2.10. The molecule has 0 aromatic carbocycles. The Morgan fingerprint density at radius 2 is 2.16 bits per heavy atom. The maximum absolute atomic E-state index is 12.2. The number of carbonyl (C=O) groups is 1. The number of carbonyl (C=O) groups excluding carboxylic acids is 1.